The molecule has 0 fully saturated rings. The van der Waals surface area contributed by atoms with E-state index in [4.69, 9.17) is 0 Å². The molecular weight excluding hydrogens is 387 g/mol. The first-order valence-electron chi connectivity index (χ1n) is 10.7. The molecule has 4 heteroatoms. The Morgan fingerprint density at radius 3 is 2.45 bits per heavy atom. The largest absolute Gasteiger partial charge is 0.352 e. The van der Waals surface area contributed by atoms with Crippen molar-refractivity contribution in [3.8, 4) is 0 Å². The number of amides is 1. The molecule has 0 saturated heterocycles. The summed E-state index contributed by atoms with van der Waals surface area (Å²) < 4.78 is 16.0. The number of hydrogen-bond acceptors (Lipinski definition) is 1. The van der Waals surface area contributed by atoms with Crippen molar-refractivity contribution >= 4 is 16.8 Å². The van der Waals surface area contributed by atoms with Gasteiger partial charge in [0.1, 0.15) is 5.82 Å². The van der Waals surface area contributed by atoms with Crippen LogP contribution >= 0.6 is 0 Å². The lowest BCUT2D eigenvalue weighted by Crippen LogP contribution is -2.23. The summed E-state index contributed by atoms with van der Waals surface area (Å²) in [4.78, 5) is 12.2. The Hall–Kier alpha value is -3.40. The minimum Gasteiger partial charge on any atom is -0.352 e. The van der Waals surface area contributed by atoms with Gasteiger partial charge in [-0.3, -0.25) is 4.79 Å². The van der Waals surface area contributed by atoms with Gasteiger partial charge in [0.05, 0.1) is 0 Å². The van der Waals surface area contributed by atoms with Crippen molar-refractivity contribution in [1.29, 1.82) is 0 Å². The van der Waals surface area contributed by atoms with E-state index in [2.05, 4.69) is 71.5 Å². The van der Waals surface area contributed by atoms with Gasteiger partial charge in [0, 0.05) is 43.6 Å². The van der Waals surface area contributed by atoms with Crippen molar-refractivity contribution in [3.63, 3.8) is 0 Å². The second-order valence-corrected chi connectivity index (χ2v) is 7.95. The number of carbonyl (C=O) groups excluding carboxylic acids is 1. The van der Waals surface area contributed by atoms with Gasteiger partial charge in [-0.05, 0) is 48.6 Å². The average Bonchev–Trinajstić information content (AvgIpc) is 3.12. The van der Waals surface area contributed by atoms with E-state index >= 15 is 0 Å². The van der Waals surface area contributed by atoms with Crippen LogP contribution in [0.3, 0.4) is 0 Å². The molecule has 0 aliphatic carbocycles. The molecule has 0 unspecified atom stereocenters. The molecule has 0 atom stereocenters. The van der Waals surface area contributed by atoms with E-state index in [1.54, 1.807) is 18.2 Å². The van der Waals surface area contributed by atoms with Crippen molar-refractivity contribution in [1.82, 2.24) is 9.88 Å². The van der Waals surface area contributed by atoms with Crippen LogP contribution in [0.2, 0.25) is 0 Å². The molecule has 0 saturated carbocycles. The third kappa shape index (κ3) is 5.02. The van der Waals surface area contributed by atoms with Crippen molar-refractivity contribution < 1.29 is 10.6 Å². The third-order valence-corrected chi connectivity index (χ3v) is 5.76. The molecule has 4 aromatic rings. The molecule has 1 amide bonds. The molecule has 0 bridgehead atoms. The summed E-state index contributed by atoms with van der Waals surface area (Å²) in [5.41, 5.74) is 5.57. The molecule has 0 radical (unpaired) electrons. The molecule has 3 nitrogen and oxygen atoms in total. The van der Waals surface area contributed by atoms with Crippen LogP contribution in [-0.4, -0.2) is 10.5 Å². The van der Waals surface area contributed by atoms with Gasteiger partial charge in [-0.25, -0.2) is 4.39 Å². The highest BCUT2D eigenvalue weighted by Crippen LogP contribution is 2.24. The molecule has 3 aromatic carbocycles. The van der Waals surface area contributed by atoms with Crippen LogP contribution in [-0.2, 0) is 24.3 Å². The van der Waals surface area contributed by atoms with Crippen molar-refractivity contribution in [2.45, 2.75) is 39.3 Å². The van der Waals surface area contributed by atoms with Crippen LogP contribution in [0.1, 0.15) is 36.5 Å². The monoisotopic (exact) mass is 416 g/mol. The smallest absolute Gasteiger partial charge is 0.220 e. The average molecular weight is 417 g/mol. The standard InChI is InChI=1S/C27H27FN2O.H2/c1-20-9-2-3-11-22(20)18-30-19-23(24-13-5-7-15-26(24)30)12-8-16-27(31)29-17-21-10-4-6-14-25(21)28;/h2-7,9-11,13-15,19H,8,12,16-18H2,1H3,(H,29,31);1H. The van der Waals surface area contributed by atoms with Gasteiger partial charge in [0.15, 0.2) is 0 Å². The third-order valence-electron chi connectivity index (χ3n) is 5.76. The highest BCUT2D eigenvalue weighted by atomic mass is 19.1. The number of aryl methyl sites for hydroxylation is 2. The van der Waals surface area contributed by atoms with Gasteiger partial charge < -0.3 is 9.88 Å². The Balaban J connectivity index is 0.00000289. The zero-order valence-corrected chi connectivity index (χ0v) is 17.8. The lowest BCUT2D eigenvalue weighted by molar-refractivity contribution is -0.121. The lowest BCUT2D eigenvalue weighted by Gasteiger charge is -2.08. The summed E-state index contributed by atoms with van der Waals surface area (Å²) in [5.74, 6) is -0.337. The number of benzene rings is 3. The highest BCUT2D eigenvalue weighted by Gasteiger charge is 2.11. The number of nitrogens with zero attached hydrogens (tertiary/aromatic N) is 1. The van der Waals surface area contributed by atoms with E-state index in [0.29, 0.717) is 12.0 Å². The molecule has 1 aromatic heterocycles. The zero-order valence-electron chi connectivity index (χ0n) is 17.8. The number of fused-ring (bicyclic) bond motifs is 1. The van der Waals surface area contributed by atoms with Crippen LogP contribution in [0.5, 0.6) is 0 Å². The predicted molar refractivity (Wildman–Crippen MR) is 126 cm³/mol. The fourth-order valence-electron chi connectivity index (χ4n) is 3.99. The van der Waals surface area contributed by atoms with Crippen LogP contribution in [0.25, 0.3) is 10.9 Å². The molecule has 160 valence electrons. The molecule has 4 rings (SSSR count). The SMILES string of the molecule is Cc1ccccc1Cn1cc(CCCC(=O)NCc2ccccc2F)c2ccccc21.[HH]. The Labute approximate surface area is 184 Å². The number of para-hydroxylation sites is 1. The molecule has 0 aliphatic heterocycles. The summed E-state index contributed by atoms with van der Waals surface area (Å²) in [6.45, 7) is 3.19. The topological polar surface area (TPSA) is 34.0 Å². The predicted octanol–water partition coefficient (Wildman–Crippen LogP) is 6.02. The summed E-state index contributed by atoms with van der Waals surface area (Å²) >= 11 is 0. The molecule has 0 spiro atoms. The lowest BCUT2D eigenvalue weighted by atomic mass is 10.1. The van der Waals surface area contributed by atoms with Gasteiger partial charge in [-0.2, -0.15) is 0 Å². The second-order valence-electron chi connectivity index (χ2n) is 7.95. The number of aromatic nitrogens is 1. The summed E-state index contributed by atoms with van der Waals surface area (Å²) in [5, 5.41) is 4.06. The van der Waals surface area contributed by atoms with Crippen LogP contribution < -0.4 is 5.32 Å². The van der Waals surface area contributed by atoms with E-state index in [9.17, 15) is 9.18 Å². The van der Waals surface area contributed by atoms with E-state index < -0.39 is 0 Å². The maximum absolute atomic E-state index is 13.7. The van der Waals surface area contributed by atoms with Gasteiger partial charge in [0.25, 0.3) is 0 Å². The quantitative estimate of drug-likeness (QED) is 0.374. The minimum absolute atomic E-state index is 0. The Morgan fingerprint density at radius 2 is 1.65 bits per heavy atom. The summed E-state index contributed by atoms with van der Waals surface area (Å²) in [6, 6.07) is 23.4. The molecule has 31 heavy (non-hydrogen) atoms. The molecule has 0 aliphatic rings. The Bertz CT molecular complexity index is 1200. The summed E-state index contributed by atoms with van der Waals surface area (Å²) in [7, 11) is 0. The highest BCUT2D eigenvalue weighted by molar-refractivity contribution is 5.84. The number of rotatable bonds is 8. The van der Waals surface area contributed by atoms with Gasteiger partial charge in [-0.15, -0.1) is 0 Å². The van der Waals surface area contributed by atoms with Gasteiger partial charge >= 0.3 is 0 Å². The van der Waals surface area contributed by atoms with E-state index in [1.807, 2.05) is 0 Å². The first kappa shape index (κ1) is 20.9. The van der Waals surface area contributed by atoms with Gasteiger partial charge in [0.2, 0.25) is 5.91 Å². The second kappa shape index (κ2) is 9.61. The van der Waals surface area contributed by atoms with Crippen LogP contribution in [0, 0.1) is 12.7 Å². The van der Waals surface area contributed by atoms with Gasteiger partial charge in [-0.1, -0.05) is 60.7 Å². The Kier molecular flexibility index (Phi) is 6.46. The first-order chi connectivity index (χ1) is 15.1. The zero-order chi connectivity index (χ0) is 21.6. The van der Waals surface area contributed by atoms with Crippen LogP contribution in [0.15, 0.2) is 79.0 Å². The van der Waals surface area contributed by atoms with Crippen LogP contribution in [0.4, 0.5) is 4.39 Å². The fraction of sp³-hybridized carbons (Fsp3) is 0.222. The normalized spacial score (nSPS) is 11.0. The van der Waals surface area contributed by atoms with Crippen molar-refractivity contribution in [2.75, 3.05) is 0 Å². The van der Waals surface area contributed by atoms with E-state index in [1.165, 1.54) is 33.7 Å². The first-order valence-corrected chi connectivity index (χ1v) is 10.7. The fourth-order valence-corrected chi connectivity index (χ4v) is 3.99. The molecule has 1 heterocycles. The maximum Gasteiger partial charge on any atom is 0.220 e. The van der Waals surface area contributed by atoms with Crippen molar-refractivity contribution in [3.05, 3.63) is 107 Å². The number of halogens is 1. The number of carbonyl (C=O) groups is 1. The number of hydrogen-bond donors (Lipinski definition) is 1. The number of nitrogens with one attached hydrogen (secondary N) is 1. The summed E-state index contributed by atoms with van der Waals surface area (Å²) in [6.07, 6.45) is 4.22. The minimum atomic E-state index is -0.288. The van der Waals surface area contributed by atoms with E-state index in [0.717, 1.165) is 19.4 Å². The van der Waals surface area contributed by atoms with Crippen molar-refractivity contribution in [2.24, 2.45) is 0 Å². The molecular formula is C27H29FN2O. The Morgan fingerprint density at radius 1 is 0.935 bits per heavy atom. The molecule has 1 N–H and O–H groups in total. The van der Waals surface area contributed by atoms with E-state index in [-0.39, 0.29) is 19.7 Å². The maximum atomic E-state index is 13.7.